The molecule has 2 N–H and O–H groups in total. The highest BCUT2D eigenvalue weighted by atomic mass is 16.2. The highest BCUT2D eigenvalue weighted by Gasteiger charge is 2.27. The lowest BCUT2D eigenvalue weighted by atomic mass is 9.79. The summed E-state index contributed by atoms with van der Waals surface area (Å²) in [7, 11) is 1.85. The van der Waals surface area contributed by atoms with Crippen molar-refractivity contribution in [2.24, 2.45) is 16.8 Å². The molecule has 0 bridgehead atoms. The van der Waals surface area contributed by atoms with E-state index in [2.05, 4.69) is 64.7 Å². The Morgan fingerprint density at radius 2 is 1.68 bits per heavy atom. The average molecular weight is 427 g/mol. The number of piperidine rings is 1. The Hall–Kier alpha value is -2.04. The van der Waals surface area contributed by atoms with Crippen molar-refractivity contribution in [3.8, 4) is 0 Å². The second-order valence-corrected chi connectivity index (χ2v) is 9.34. The molecule has 1 saturated heterocycles. The zero-order valence-electron chi connectivity index (χ0n) is 19.8. The summed E-state index contributed by atoms with van der Waals surface area (Å²) in [6, 6.07) is 11.4. The minimum absolute atomic E-state index is 0.191. The van der Waals surface area contributed by atoms with E-state index in [0.717, 1.165) is 63.1 Å². The lowest BCUT2D eigenvalue weighted by Crippen LogP contribution is -2.51. The predicted molar refractivity (Wildman–Crippen MR) is 129 cm³/mol. The van der Waals surface area contributed by atoms with E-state index >= 15 is 0 Å². The summed E-state index contributed by atoms with van der Waals surface area (Å²) < 4.78 is 0. The molecular weight excluding hydrogens is 384 g/mol. The van der Waals surface area contributed by atoms with Crippen LogP contribution in [0.4, 0.5) is 0 Å². The van der Waals surface area contributed by atoms with Crippen LogP contribution in [0.5, 0.6) is 0 Å². The molecule has 0 spiro atoms. The van der Waals surface area contributed by atoms with Crippen LogP contribution in [-0.4, -0.2) is 49.5 Å². The number of benzene rings is 1. The van der Waals surface area contributed by atoms with Gasteiger partial charge in [0, 0.05) is 38.6 Å². The molecule has 1 aliphatic carbocycles. The van der Waals surface area contributed by atoms with Crippen LogP contribution in [0.2, 0.25) is 0 Å². The predicted octanol–water partition coefficient (Wildman–Crippen LogP) is 4.55. The maximum Gasteiger partial charge on any atom is 0.225 e. The number of amides is 1. The Bertz CT molecular complexity index is 685. The largest absolute Gasteiger partial charge is 0.356 e. The molecule has 1 aromatic carbocycles. The van der Waals surface area contributed by atoms with Gasteiger partial charge in [-0.1, -0.05) is 44.2 Å². The molecule has 5 heteroatoms. The van der Waals surface area contributed by atoms with Gasteiger partial charge >= 0.3 is 0 Å². The first-order chi connectivity index (χ1) is 15.1. The lowest BCUT2D eigenvalue weighted by Gasteiger charge is -2.35. The van der Waals surface area contributed by atoms with Gasteiger partial charge in [-0.15, -0.1) is 0 Å². The van der Waals surface area contributed by atoms with Gasteiger partial charge in [0.1, 0.15) is 0 Å². The summed E-state index contributed by atoms with van der Waals surface area (Å²) in [6.45, 7) is 6.93. The van der Waals surface area contributed by atoms with Crippen molar-refractivity contribution >= 4 is 11.9 Å². The summed E-state index contributed by atoms with van der Waals surface area (Å²) in [5, 5.41) is 7.17. The monoisotopic (exact) mass is 426 g/mol. The van der Waals surface area contributed by atoms with Crippen LogP contribution >= 0.6 is 0 Å². The van der Waals surface area contributed by atoms with E-state index in [1.165, 1.54) is 31.2 Å². The van der Waals surface area contributed by atoms with E-state index in [-0.39, 0.29) is 5.92 Å². The van der Waals surface area contributed by atoms with Crippen molar-refractivity contribution < 1.29 is 4.79 Å². The summed E-state index contributed by atoms with van der Waals surface area (Å²) in [5.41, 5.74) is 1.50. The third-order valence-corrected chi connectivity index (χ3v) is 7.38. The second kappa shape index (κ2) is 12.1. The fourth-order valence-corrected chi connectivity index (χ4v) is 5.19. The molecule has 2 fully saturated rings. The normalized spacial score (nSPS) is 23.1. The van der Waals surface area contributed by atoms with Gasteiger partial charge in [-0.2, -0.15) is 0 Å². The summed E-state index contributed by atoms with van der Waals surface area (Å²) in [5.74, 6) is 2.89. The molecular formula is C26H42N4O. The fourth-order valence-electron chi connectivity index (χ4n) is 5.19. The number of rotatable bonds is 7. The molecule has 172 valence electrons. The molecule has 31 heavy (non-hydrogen) atoms. The maximum atomic E-state index is 12.6. The van der Waals surface area contributed by atoms with Crippen molar-refractivity contribution in [3.63, 3.8) is 0 Å². The Morgan fingerprint density at radius 3 is 2.26 bits per heavy atom. The third-order valence-electron chi connectivity index (χ3n) is 7.38. The van der Waals surface area contributed by atoms with Gasteiger partial charge in [0.15, 0.2) is 5.96 Å². The van der Waals surface area contributed by atoms with Gasteiger partial charge in [0.05, 0.1) is 0 Å². The van der Waals surface area contributed by atoms with E-state index in [0.29, 0.717) is 11.9 Å². The minimum atomic E-state index is 0.191. The minimum Gasteiger partial charge on any atom is -0.356 e. The van der Waals surface area contributed by atoms with Crippen molar-refractivity contribution in [1.29, 1.82) is 0 Å². The van der Waals surface area contributed by atoms with Gasteiger partial charge in [0.2, 0.25) is 5.91 Å². The number of hydrogen-bond acceptors (Lipinski definition) is 2. The number of aliphatic imine (C=N–C) groups is 1. The van der Waals surface area contributed by atoms with Crippen LogP contribution in [0.25, 0.3) is 0 Å². The van der Waals surface area contributed by atoms with E-state index in [4.69, 9.17) is 0 Å². The first kappa shape index (κ1) is 23.6. The molecule has 1 aliphatic heterocycles. The molecule has 1 heterocycles. The molecule has 0 radical (unpaired) electrons. The number of nitrogens with zero attached hydrogens (tertiary/aromatic N) is 2. The SMILES string of the molecule is CCC(CC)C(=O)N1CCC(NC(=NC)NCC2CCC(c3ccccc3)CC2)CC1. The van der Waals surface area contributed by atoms with Gasteiger partial charge in [0.25, 0.3) is 0 Å². The van der Waals surface area contributed by atoms with Crippen LogP contribution in [0.1, 0.15) is 76.7 Å². The smallest absolute Gasteiger partial charge is 0.225 e. The molecule has 2 aliphatic rings. The number of hydrogen-bond donors (Lipinski definition) is 2. The number of carbonyl (C=O) groups excluding carboxylic acids is 1. The standard InChI is InChI=1S/C26H42N4O/c1-4-21(5-2)25(31)30-17-15-24(16-18-30)29-26(27-3)28-19-20-11-13-23(14-12-20)22-9-7-6-8-10-22/h6-10,20-21,23-24H,4-5,11-19H2,1-3H3,(H2,27,28,29). The number of guanidine groups is 1. The molecule has 1 aromatic rings. The number of likely N-dealkylation sites (tertiary alicyclic amines) is 1. The summed E-state index contributed by atoms with van der Waals surface area (Å²) in [6.07, 6.45) is 9.00. The molecule has 3 rings (SSSR count). The Labute approximate surface area is 189 Å². The Morgan fingerprint density at radius 1 is 1.03 bits per heavy atom. The molecule has 0 aromatic heterocycles. The van der Waals surface area contributed by atoms with Crippen LogP contribution in [-0.2, 0) is 4.79 Å². The number of carbonyl (C=O) groups is 1. The van der Waals surface area contributed by atoms with E-state index < -0.39 is 0 Å². The van der Waals surface area contributed by atoms with Crippen molar-refractivity contribution in [3.05, 3.63) is 35.9 Å². The molecule has 0 atom stereocenters. The maximum absolute atomic E-state index is 12.6. The fraction of sp³-hybridized carbons (Fsp3) is 0.692. The quantitative estimate of drug-likeness (QED) is 0.497. The van der Waals surface area contributed by atoms with E-state index in [1.807, 2.05) is 7.05 Å². The second-order valence-electron chi connectivity index (χ2n) is 9.34. The number of nitrogens with one attached hydrogen (secondary N) is 2. The topological polar surface area (TPSA) is 56.7 Å². The molecule has 5 nitrogen and oxygen atoms in total. The zero-order chi connectivity index (χ0) is 22.1. The summed E-state index contributed by atoms with van der Waals surface area (Å²) >= 11 is 0. The lowest BCUT2D eigenvalue weighted by molar-refractivity contribution is -0.136. The van der Waals surface area contributed by atoms with Crippen LogP contribution in [0.3, 0.4) is 0 Å². The molecule has 1 saturated carbocycles. The van der Waals surface area contributed by atoms with Crippen LogP contribution < -0.4 is 10.6 Å². The van der Waals surface area contributed by atoms with Crippen molar-refractivity contribution in [1.82, 2.24) is 15.5 Å². The molecule has 1 amide bonds. The first-order valence-electron chi connectivity index (χ1n) is 12.4. The van der Waals surface area contributed by atoms with E-state index in [1.54, 1.807) is 0 Å². The molecule has 0 unspecified atom stereocenters. The summed E-state index contributed by atoms with van der Waals surface area (Å²) in [4.78, 5) is 19.1. The van der Waals surface area contributed by atoms with E-state index in [9.17, 15) is 4.79 Å². The zero-order valence-corrected chi connectivity index (χ0v) is 19.8. The van der Waals surface area contributed by atoms with Gasteiger partial charge in [-0.05, 0) is 68.8 Å². The highest BCUT2D eigenvalue weighted by Crippen LogP contribution is 2.35. The van der Waals surface area contributed by atoms with Crippen LogP contribution in [0.15, 0.2) is 35.3 Å². The van der Waals surface area contributed by atoms with Gasteiger partial charge < -0.3 is 15.5 Å². The van der Waals surface area contributed by atoms with Crippen LogP contribution in [0, 0.1) is 11.8 Å². The third kappa shape index (κ3) is 6.72. The Kier molecular flexibility index (Phi) is 9.23. The van der Waals surface area contributed by atoms with Crippen molar-refractivity contribution in [2.75, 3.05) is 26.7 Å². The average Bonchev–Trinajstić information content (AvgIpc) is 2.83. The Balaban J connectivity index is 1.37. The highest BCUT2D eigenvalue weighted by molar-refractivity contribution is 5.80. The first-order valence-corrected chi connectivity index (χ1v) is 12.4. The van der Waals surface area contributed by atoms with Gasteiger partial charge in [-0.25, -0.2) is 0 Å². The van der Waals surface area contributed by atoms with Crippen molar-refractivity contribution in [2.45, 2.75) is 77.2 Å². The van der Waals surface area contributed by atoms with Gasteiger partial charge in [-0.3, -0.25) is 9.79 Å².